The van der Waals surface area contributed by atoms with Gasteiger partial charge in [0, 0.05) is 13.1 Å². The minimum atomic E-state index is -0.751. The van der Waals surface area contributed by atoms with Crippen molar-refractivity contribution in [2.75, 3.05) is 20.1 Å². The fourth-order valence-electron chi connectivity index (χ4n) is 2.16. The Kier molecular flexibility index (Phi) is 2.95. The molecule has 0 bridgehead atoms. The van der Waals surface area contributed by atoms with Gasteiger partial charge >= 0.3 is 0 Å². The summed E-state index contributed by atoms with van der Waals surface area (Å²) in [6.45, 7) is 1.79. The first-order valence-electron chi connectivity index (χ1n) is 5.56. The quantitative estimate of drug-likeness (QED) is 0.773. The lowest BCUT2D eigenvalue weighted by Crippen LogP contribution is -2.40. The number of likely N-dealkylation sites (tertiary alicyclic amines) is 1. The van der Waals surface area contributed by atoms with Crippen molar-refractivity contribution in [3.8, 4) is 6.07 Å². The fraction of sp³-hybridized carbons (Fsp3) is 0.462. The Labute approximate surface area is 95.9 Å². The Morgan fingerprint density at radius 2 is 2.06 bits per heavy atom. The standard InChI is InChI=1S/C13H16N2O/c1-15-7-5-13(16,6-8-15)12-4-2-3-11(9-12)10-14/h2-4,9,16H,5-8H2,1H3. The number of aliphatic hydroxyl groups is 1. The van der Waals surface area contributed by atoms with Gasteiger partial charge in [-0.2, -0.15) is 5.26 Å². The van der Waals surface area contributed by atoms with Gasteiger partial charge in [0.15, 0.2) is 0 Å². The van der Waals surface area contributed by atoms with Crippen LogP contribution in [-0.4, -0.2) is 30.1 Å². The highest BCUT2D eigenvalue weighted by Crippen LogP contribution is 2.32. The lowest BCUT2D eigenvalue weighted by molar-refractivity contribution is -0.0203. The first-order valence-corrected chi connectivity index (χ1v) is 5.56. The van der Waals surface area contributed by atoms with Gasteiger partial charge in [-0.1, -0.05) is 12.1 Å². The molecule has 0 unspecified atom stereocenters. The lowest BCUT2D eigenvalue weighted by atomic mass is 9.84. The molecule has 1 aromatic rings. The van der Waals surface area contributed by atoms with Gasteiger partial charge in [-0.25, -0.2) is 0 Å². The third-order valence-electron chi connectivity index (χ3n) is 3.34. The summed E-state index contributed by atoms with van der Waals surface area (Å²) in [5.41, 5.74) is 0.740. The number of nitriles is 1. The average Bonchev–Trinajstić information content (AvgIpc) is 2.33. The number of nitrogens with zero attached hydrogens (tertiary/aromatic N) is 2. The topological polar surface area (TPSA) is 47.3 Å². The van der Waals surface area contributed by atoms with Crippen molar-refractivity contribution in [2.24, 2.45) is 0 Å². The molecule has 1 saturated heterocycles. The van der Waals surface area contributed by atoms with Crippen LogP contribution in [0.4, 0.5) is 0 Å². The van der Waals surface area contributed by atoms with Gasteiger partial charge in [0.1, 0.15) is 0 Å². The van der Waals surface area contributed by atoms with Gasteiger partial charge in [-0.3, -0.25) is 0 Å². The Morgan fingerprint density at radius 1 is 1.38 bits per heavy atom. The molecule has 1 aromatic carbocycles. The van der Waals surface area contributed by atoms with Crippen LogP contribution in [0, 0.1) is 11.3 Å². The third-order valence-corrected chi connectivity index (χ3v) is 3.34. The molecule has 0 saturated carbocycles. The molecule has 1 N–H and O–H groups in total. The van der Waals surface area contributed by atoms with Crippen molar-refractivity contribution >= 4 is 0 Å². The molecule has 1 aliphatic heterocycles. The molecule has 0 atom stereocenters. The highest BCUT2D eigenvalue weighted by atomic mass is 16.3. The van der Waals surface area contributed by atoms with E-state index in [4.69, 9.17) is 5.26 Å². The van der Waals surface area contributed by atoms with Gasteiger partial charge in [0.05, 0.1) is 17.2 Å². The molecular formula is C13H16N2O. The maximum atomic E-state index is 10.5. The predicted octanol–water partition coefficient (Wildman–Crippen LogP) is 1.47. The second-order valence-corrected chi connectivity index (χ2v) is 4.53. The molecule has 0 radical (unpaired) electrons. The van der Waals surface area contributed by atoms with Crippen LogP contribution in [0.15, 0.2) is 24.3 Å². The van der Waals surface area contributed by atoms with E-state index < -0.39 is 5.60 Å². The Hall–Kier alpha value is -1.37. The zero-order chi connectivity index (χ0) is 11.6. The molecular weight excluding hydrogens is 200 g/mol. The molecule has 16 heavy (non-hydrogen) atoms. The second-order valence-electron chi connectivity index (χ2n) is 4.53. The molecule has 3 heteroatoms. The zero-order valence-electron chi connectivity index (χ0n) is 9.48. The van der Waals surface area contributed by atoms with E-state index in [-0.39, 0.29) is 0 Å². The van der Waals surface area contributed by atoms with Crippen LogP contribution in [-0.2, 0) is 5.60 Å². The summed E-state index contributed by atoms with van der Waals surface area (Å²) in [6, 6.07) is 9.42. The molecule has 1 heterocycles. The van der Waals surface area contributed by atoms with Crippen molar-refractivity contribution in [3.05, 3.63) is 35.4 Å². The highest BCUT2D eigenvalue weighted by molar-refractivity contribution is 5.35. The summed E-state index contributed by atoms with van der Waals surface area (Å²) in [5.74, 6) is 0. The Bertz CT molecular complexity index is 414. The average molecular weight is 216 g/mol. The minimum absolute atomic E-state index is 0.616. The van der Waals surface area contributed by atoms with E-state index >= 15 is 0 Å². The summed E-state index contributed by atoms with van der Waals surface area (Å²) in [5, 5.41) is 19.4. The summed E-state index contributed by atoms with van der Waals surface area (Å²) in [6.07, 6.45) is 1.47. The highest BCUT2D eigenvalue weighted by Gasteiger charge is 2.32. The molecule has 1 fully saturated rings. The van der Waals surface area contributed by atoms with Crippen molar-refractivity contribution in [1.29, 1.82) is 5.26 Å². The van der Waals surface area contributed by atoms with Crippen LogP contribution >= 0.6 is 0 Å². The van der Waals surface area contributed by atoms with Crippen LogP contribution in [0.5, 0.6) is 0 Å². The van der Waals surface area contributed by atoms with E-state index in [9.17, 15) is 5.11 Å². The van der Waals surface area contributed by atoms with E-state index in [1.165, 1.54) is 0 Å². The molecule has 0 amide bonds. The monoisotopic (exact) mass is 216 g/mol. The zero-order valence-corrected chi connectivity index (χ0v) is 9.48. The summed E-state index contributed by atoms with van der Waals surface area (Å²) < 4.78 is 0. The predicted molar refractivity (Wildman–Crippen MR) is 61.8 cm³/mol. The largest absolute Gasteiger partial charge is 0.385 e. The Balaban J connectivity index is 2.26. The normalized spacial score (nSPS) is 20.3. The van der Waals surface area contributed by atoms with Gasteiger partial charge in [0.2, 0.25) is 0 Å². The van der Waals surface area contributed by atoms with E-state index in [0.29, 0.717) is 5.56 Å². The molecule has 1 aliphatic rings. The van der Waals surface area contributed by atoms with Gasteiger partial charge < -0.3 is 10.0 Å². The molecule has 84 valence electrons. The molecule has 2 rings (SSSR count). The second kappa shape index (κ2) is 4.25. The smallest absolute Gasteiger partial charge is 0.0991 e. The summed E-state index contributed by atoms with van der Waals surface area (Å²) >= 11 is 0. The van der Waals surface area contributed by atoms with Crippen LogP contribution in [0.25, 0.3) is 0 Å². The van der Waals surface area contributed by atoms with E-state index in [1.807, 2.05) is 12.1 Å². The van der Waals surface area contributed by atoms with Crippen molar-refractivity contribution in [1.82, 2.24) is 4.90 Å². The molecule has 0 aliphatic carbocycles. The Morgan fingerprint density at radius 3 is 2.69 bits per heavy atom. The van der Waals surface area contributed by atoms with Crippen molar-refractivity contribution < 1.29 is 5.11 Å². The SMILES string of the molecule is CN1CCC(O)(c2cccc(C#N)c2)CC1. The van der Waals surface area contributed by atoms with Crippen molar-refractivity contribution in [2.45, 2.75) is 18.4 Å². The minimum Gasteiger partial charge on any atom is -0.385 e. The van der Waals surface area contributed by atoms with Crippen LogP contribution < -0.4 is 0 Å². The van der Waals surface area contributed by atoms with E-state index in [1.54, 1.807) is 12.1 Å². The molecule has 0 aromatic heterocycles. The first kappa shape index (κ1) is 11.1. The van der Waals surface area contributed by atoms with Gasteiger partial charge in [-0.05, 0) is 37.6 Å². The van der Waals surface area contributed by atoms with Crippen LogP contribution in [0.1, 0.15) is 24.0 Å². The number of rotatable bonds is 1. The summed E-state index contributed by atoms with van der Waals surface area (Å²) in [7, 11) is 2.06. The molecule has 0 spiro atoms. The third kappa shape index (κ3) is 2.08. The van der Waals surface area contributed by atoms with Gasteiger partial charge in [0.25, 0.3) is 0 Å². The first-order chi connectivity index (χ1) is 7.64. The van der Waals surface area contributed by atoms with E-state index in [0.717, 1.165) is 31.5 Å². The lowest BCUT2D eigenvalue weighted by Gasteiger charge is -2.37. The number of hydrogen-bond acceptors (Lipinski definition) is 3. The van der Waals surface area contributed by atoms with Crippen LogP contribution in [0.3, 0.4) is 0 Å². The summed E-state index contributed by atoms with van der Waals surface area (Å²) in [4.78, 5) is 2.21. The number of benzene rings is 1. The van der Waals surface area contributed by atoms with Gasteiger partial charge in [-0.15, -0.1) is 0 Å². The van der Waals surface area contributed by atoms with E-state index in [2.05, 4.69) is 18.0 Å². The maximum absolute atomic E-state index is 10.5. The maximum Gasteiger partial charge on any atom is 0.0991 e. The number of piperidine rings is 1. The fourth-order valence-corrected chi connectivity index (χ4v) is 2.16. The number of hydrogen-bond donors (Lipinski definition) is 1. The molecule has 3 nitrogen and oxygen atoms in total. The van der Waals surface area contributed by atoms with Crippen molar-refractivity contribution in [3.63, 3.8) is 0 Å². The van der Waals surface area contributed by atoms with Crippen LogP contribution in [0.2, 0.25) is 0 Å².